The number of rotatable bonds is 1. The summed E-state index contributed by atoms with van der Waals surface area (Å²) in [6.07, 6.45) is 2.24. The van der Waals surface area contributed by atoms with E-state index >= 15 is 0 Å². The molecule has 1 aliphatic carbocycles. The maximum atomic E-state index is 10.7. The fourth-order valence-corrected chi connectivity index (χ4v) is 3.62. The number of alkyl halides is 1. The lowest BCUT2D eigenvalue weighted by Crippen LogP contribution is -2.20. The molecule has 0 saturated heterocycles. The predicted octanol–water partition coefficient (Wildman–Crippen LogP) is 1.71. The van der Waals surface area contributed by atoms with Crippen LogP contribution in [0.4, 0.5) is 0 Å². The molecule has 1 rings (SSSR count). The molecule has 1 aliphatic rings. The molecule has 0 amide bonds. The minimum absolute atomic E-state index is 0.275. The Hall–Kier alpha value is 0.530. The maximum absolute atomic E-state index is 10.7. The second-order valence-electron chi connectivity index (χ2n) is 2.46. The zero-order chi connectivity index (χ0) is 7.78. The molecule has 0 radical (unpaired) electrons. The molecule has 60 valence electrons. The van der Waals surface area contributed by atoms with Gasteiger partial charge in [-0.15, -0.1) is 11.6 Å². The van der Waals surface area contributed by atoms with E-state index in [0.717, 1.165) is 12.8 Å². The molecule has 2 nitrogen and oxygen atoms in total. The van der Waals surface area contributed by atoms with Crippen LogP contribution in [-0.4, -0.2) is 19.0 Å². The zero-order valence-electron chi connectivity index (χ0n) is 5.26. The van der Waals surface area contributed by atoms with Gasteiger partial charge in [0.1, 0.15) is 0 Å². The highest BCUT2D eigenvalue weighted by Crippen LogP contribution is 2.31. The third-order valence-corrected chi connectivity index (χ3v) is 4.38. The smallest absolute Gasteiger partial charge is 0.212 e. The Bertz CT molecular complexity index is 212. The Morgan fingerprint density at radius 2 is 1.90 bits per heavy atom. The molecule has 5 heteroatoms. The lowest BCUT2D eigenvalue weighted by molar-refractivity contribution is 0.595. The van der Waals surface area contributed by atoms with Crippen LogP contribution in [0.15, 0.2) is 0 Å². The summed E-state index contributed by atoms with van der Waals surface area (Å²) < 4.78 is 21.4. The van der Waals surface area contributed by atoms with Gasteiger partial charge in [-0.25, -0.2) is 8.42 Å². The average Bonchev–Trinajstić information content (AvgIpc) is 2.11. The van der Waals surface area contributed by atoms with Crippen molar-refractivity contribution in [3.63, 3.8) is 0 Å². The maximum Gasteiger partial charge on any atom is 0.236 e. The minimum atomic E-state index is -3.41. The normalized spacial score (nSPS) is 34.6. The van der Waals surface area contributed by atoms with Crippen molar-refractivity contribution >= 4 is 31.3 Å². The number of halogens is 2. The molecule has 0 heterocycles. The van der Waals surface area contributed by atoms with Crippen molar-refractivity contribution in [1.29, 1.82) is 0 Å². The van der Waals surface area contributed by atoms with Gasteiger partial charge >= 0.3 is 0 Å². The van der Waals surface area contributed by atoms with Gasteiger partial charge in [-0.1, -0.05) is 6.42 Å². The Morgan fingerprint density at radius 3 is 2.10 bits per heavy atom. The molecule has 1 fully saturated rings. The Balaban J connectivity index is 2.74. The molecule has 2 atom stereocenters. The molecular formula is C5H8Cl2O2S. The summed E-state index contributed by atoms with van der Waals surface area (Å²) in [6, 6.07) is 0. The summed E-state index contributed by atoms with van der Waals surface area (Å²) in [5.41, 5.74) is 0. The van der Waals surface area contributed by atoms with Crippen LogP contribution in [0.3, 0.4) is 0 Å². The average molecular weight is 203 g/mol. The van der Waals surface area contributed by atoms with E-state index in [1.807, 2.05) is 0 Å². The third kappa shape index (κ3) is 1.77. The highest BCUT2D eigenvalue weighted by atomic mass is 35.7. The van der Waals surface area contributed by atoms with Crippen LogP contribution >= 0.6 is 22.3 Å². The predicted molar refractivity (Wildman–Crippen MR) is 42.1 cm³/mol. The fraction of sp³-hybridized carbons (Fsp3) is 1.00. The third-order valence-electron chi connectivity index (χ3n) is 1.73. The van der Waals surface area contributed by atoms with Gasteiger partial charge in [0.05, 0.1) is 10.6 Å². The van der Waals surface area contributed by atoms with Crippen molar-refractivity contribution in [3.05, 3.63) is 0 Å². The lowest BCUT2D eigenvalue weighted by atomic mass is 10.4. The molecule has 0 bridgehead atoms. The summed E-state index contributed by atoms with van der Waals surface area (Å²) in [7, 11) is 1.71. The first kappa shape index (κ1) is 8.62. The molecule has 0 aromatic carbocycles. The highest BCUT2D eigenvalue weighted by molar-refractivity contribution is 8.14. The van der Waals surface area contributed by atoms with Gasteiger partial charge in [0, 0.05) is 10.7 Å². The quantitative estimate of drug-likeness (QED) is 0.480. The number of hydrogen-bond donors (Lipinski definition) is 0. The minimum Gasteiger partial charge on any atom is -0.212 e. The Kier molecular flexibility index (Phi) is 2.48. The molecule has 2 unspecified atom stereocenters. The summed E-state index contributed by atoms with van der Waals surface area (Å²) in [6.45, 7) is 0. The molecule has 1 saturated carbocycles. The molecule has 0 aromatic heterocycles. The summed E-state index contributed by atoms with van der Waals surface area (Å²) in [5.74, 6) is 0. The van der Waals surface area contributed by atoms with E-state index in [4.69, 9.17) is 22.3 Å². The fourth-order valence-electron chi connectivity index (χ4n) is 1.20. The largest absolute Gasteiger partial charge is 0.236 e. The van der Waals surface area contributed by atoms with Gasteiger partial charge in [0.2, 0.25) is 9.05 Å². The first-order valence-electron chi connectivity index (χ1n) is 3.09. The van der Waals surface area contributed by atoms with Gasteiger partial charge in [-0.2, -0.15) is 0 Å². The van der Waals surface area contributed by atoms with Crippen molar-refractivity contribution in [2.45, 2.75) is 29.9 Å². The standard InChI is InChI=1S/C5H8Cl2O2S/c6-4-2-1-3-5(4)10(7,8)9/h4-5H,1-3H2. The Morgan fingerprint density at radius 1 is 1.30 bits per heavy atom. The first-order valence-corrected chi connectivity index (χ1v) is 5.90. The van der Waals surface area contributed by atoms with E-state index < -0.39 is 14.3 Å². The van der Waals surface area contributed by atoms with Crippen LogP contribution in [0.5, 0.6) is 0 Å². The van der Waals surface area contributed by atoms with Crippen LogP contribution in [0.25, 0.3) is 0 Å². The molecule has 0 aromatic rings. The summed E-state index contributed by atoms with van der Waals surface area (Å²) in [4.78, 5) is 0. The zero-order valence-corrected chi connectivity index (χ0v) is 7.59. The van der Waals surface area contributed by atoms with Gasteiger partial charge in [0.25, 0.3) is 0 Å². The van der Waals surface area contributed by atoms with Crippen LogP contribution in [0, 0.1) is 0 Å². The lowest BCUT2D eigenvalue weighted by Gasteiger charge is -2.07. The van der Waals surface area contributed by atoms with Gasteiger partial charge in [0.15, 0.2) is 0 Å². The van der Waals surface area contributed by atoms with Gasteiger partial charge < -0.3 is 0 Å². The summed E-state index contributed by atoms with van der Waals surface area (Å²) in [5, 5.41) is -0.793. The number of hydrogen-bond acceptors (Lipinski definition) is 2. The SMILES string of the molecule is O=S(=O)(Cl)C1CCCC1Cl. The van der Waals surface area contributed by atoms with Crippen LogP contribution in [0.1, 0.15) is 19.3 Å². The van der Waals surface area contributed by atoms with Crippen molar-refractivity contribution < 1.29 is 8.42 Å². The van der Waals surface area contributed by atoms with E-state index in [0.29, 0.717) is 6.42 Å². The monoisotopic (exact) mass is 202 g/mol. The molecule has 0 spiro atoms. The van der Waals surface area contributed by atoms with Crippen molar-refractivity contribution in [3.8, 4) is 0 Å². The van der Waals surface area contributed by atoms with E-state index in [-0.39, 0.29) is 5.38 Å². The first-order chi connectivity index (χ1) is 4.52. The molecule has 10 heavy (non-hydrogen) atoms. The van der Waals surface area contributed by atoms with Gasteiger partial charge in [-0.05, 0) is 12.8 Å². The Labute approximate surface area is 69.9 Å². The second-order valence-corrected chi connectivity index (χ2v) is 5.87. The van der Waals surface area contributed by atoms with E-state index in [1.54, 1.807) is 0 Å². The van der Waals surface area contributed by atoms with Crippen molar-refractivity contribution in [1.82, 2.24) is 0 Å². The van der Waals surface area contributed by atoms with Crippen molar-refractivity contribution in [2.75, 3.05) is 0 Å². The molecular weight excluding hydrogens is 195 g/mol. The van der Waals surface area contributed by atoms with E-state index in [2.05, 4.69) is 0 Å². The van der Waals surface area contributed by atoms with Crippen molar-refractivity contribution in [2.24, 2.45) is 0 Å². The van der Waals surface area contributed by atoms with Gasteiger partial charge in [-0.3, -0.25) is 0 Å². The van der Waals surface area contributed by atoms with E-state index in [9.17, 15) is 8.42 Å². The topological polar surface area (TPSA) is 34.1 Å². The van der Waals surface area contributed by atoms with Crippen LogP contribution < -0.4 is 0 Å². The molecule has 0 aliphatic heterocycles. The second kappa shape index (κ2) is 2.88. The van der Waals surface area contributed by atoms with Crippen LogP contribution in [0.2, 0.25) is 0 Å². The summed E-state index contributed by atoms with van der Waals surface area (Å²) >= 11 is 5.70. The highest BCUT2D eigenvalue weighted by Gasteiger charge is 2.34. The van der Waals surface area contributed by atoms with Crippen LogP contribution in [-0.2, 0) is 9.05 Å². The van der Waals surface area contributed by atoms with E-state index in [1.165, 1.54) is 0 Å². The molecule has 0 N–H and O–H groups in total.